The zero-order valence-corrected chi connectivity index (χ0v) is 17.0. The molecule has 29 heavy (non-hydrogen) atoms. The van der Waals surface area contributed by atoms with E-state index in [0.29, 0.717) is 30.9 Å². The van der Waals surface area contributed by atoms with E-state index in [-0.39, 0.29) is 17.9 Å². The third-order valence-electron chi connectivity index (χ3n) is 5.92. The van der Waals surface area contributed by atoms with Gasteiger partial charge in [-0.1, -0.05) is 24.3 Å². The first-order chi connectivity index (χ1) is 14.0. The summed E-state index contributed by atoms with van der Waals surface area (Å²) in [6.45, 7) is 2.37. The molecule has 2 aromatic rings. The molecule has 2 aromatic carbocycles. The van der Waals surface area contributed by atoms with Crippen molar-refractivity contribution in [1.82, 2.24) is 5.32 Å². The van der Waals surface area contributed by atoms with Gasteiger partial charge in [0.2, 0.25) is 11.8 Å². The molecule has 2 aliphatic rings. The molecule has 1 saturated carbocycles. The Labute approximate surface area is 170 Å². The van der Waals surface area contributed by atoms with Crippen LogP contribution in [0.3, 0.4) is 0 Å². The minimum absolute atomic E-state index is 0.0658. The van der Waals surface area contributed by atoms with E-state index in [9.17, 15) is 9.59 Å². The number of hydrogen-bond acceptors (Lipinski definition) is 4. The minimum Gasteiger partial charge on any atom is -0.493 e. The largest absolute Gasteiger partial charge is 0.493 e. The van der Waals surface area contributed by atoms with Crippen LogP contribution in [0, 0.1) is 5.41 Å². The summed E-state index contributed by atoms with van der Waals surface area (Å²) in [4.78, 5) is 28.2. The molecular weight excluding hydrogens is 368 g/mol. The molecule has 1 aliphatic heterocycles. The first kappa shape index (κ1) is 19.3. The van der Waals surface area contributed by atoms with E-state index < -0.39 is 5.41 Å². The van der Waals surface area contributed by atoms with Crippen LogP contribution in [0.5, 0.6) is 11.5 Å². The first-order valence-electron chi connectivity index (χ1n) is 9.91. The Morgan fingerprint density at radius 3 is 2.52 bits per heavy atom. The second-order valence-electron chi connectivity index (χ2n) is 7.81. The maximum absolute atomic E-state index is 13.4. The predicted molar refractivity (Wildman–Crippen MR) is 110 cm³/mol. The molecule has 0 radical (unpaired) electrons. The van der Waals surface area contributed by atoms with Crippen LogP contribution in [0.4, 0.5) is 5.69 Å². The number of carbonyl (C=O) groups excluding carboxylic acids is 2. The lowest BCUT2D eigenvalue weighted by Gasteiger charge is -2.27. The number of para-hydroxylation sites is 1. The van der Waals surface area contributed by atoms with Gasteiger partial charge in [0.15, 0.2) is 11.5 Å². The van der Waals surface area contributed by atoms with Crippen LogP contribution in [0.1, 0.15) is 30.9 Å². The number of amides is 2. The second kappa shape index (κ2) is 7.43. The normalized spacial score (nSPS) is 18.7. The maximum Gasteiger partial charge on any atom is 0.242 e. The van der Waals surface area contributed by atoms with Crippen molar-refractivity contribution in [2.24, 2.45) is 5.41 Å². The van der Waals surface area contributed by atoms with Crippen molar-refractivity contribution in [2.45, 2.75) is 38.8 Å². The van der Waals surface area contributed by atoms with Crippen LogP contribution in [-0.4, -0.2) is 32.1 Å². The summed E-state index contributed by atoms with van der Waals surface area (Å²) in [6.07, 6.45) is 2.01. The SMILES string of the molecule is COc1ccc(CNC(=O)C2(C(=O)N3c4ccccc4CC3C)CC2)cc1OC. The van der Waals surface area contributed by atoms with Crippen LogP contribution in [-0.2, 0) is 22.6 Å². The Hall–Kier alpha value is -3.02. The summed E-state index contributed by atoms with van der Waals surface area (Å²) in [7, 11) is 3.16. The molecular formula is C23H26N2O4. The molecule has 6 heteroatoms. The van der Waals surface area contributed by atoms with Crippen LogP contribution < -0.4 is 19.7 Å². The minimum atomic E-state index is -0.942. The number of nitrogens with one attached hydrogen (secondary N) is 1. The zero-order chi connectivity index (χ0) is 20.6. The first-order valence-corrected chi connectivity index (χ1v) is 9.91. The Bertz CT molecular complexity index is 952. The molecule has 1 fully saturated rings. The summed E-state index contributed by atoms with van der Waals surface area (Å²) in [5.74, 6) is 0.964. The number of carbonyl (C=O) groups is 2. The average Bonchev–Trinajstić information content (AvgIpc) is 3.48. The zero-order valence-electron chi connectivity index (χ0n) is 17.0. The van der Waals surface area contributed by atoms with Gasteiger partial charge in [-0.2, -0.15) is 0 Å². The number of nitrogens with zero attached hydrogens (tertiary/aromatic N) is 1. The van der Waals surface area contributed by atoms with Gasteiger partial charge in [-0.05, 0) is 55.5 Å². The van der Waals surface area contributed by atoms with Crippen molar-refractivity contribution >= 4 is 17.5 Å². The van der Waals surface area contributed by atoms with Crippen LogP contribution in [0.2, 0.25) is 0 Å². The van der Waals surface area contributed by atoms with Crippen molar-refractivity contribution in [3.05, 3.63) is 53.6 Å². The van der Waals surface area contributed by atoms with Gasteiger partial charge in [0.1, 0.15) is 5.41 Å². The molecule has 0 spiro atoms. The number of benzene rings is 2. The van der Waals surface area contributed by atoms with E-state index in [1.54, 1.807) is 20.3 Å². The summed E-state index contributed by atoms with van der Waals surface area (Å²) >= 11 is 0. The van der Waals surface area contributed by atoms with Crippen LogP contribution >= 0.6 is 0 Å². The van der Waals surface area contributed by atoms with Crippen molar-refractivity contribution in [1.29, 1.82) is 0 Å². The highest BCUT2D eigenvalue weighted by Gasteiger charge is 2.59. The highest BCUT2D eigenvalue weighted by molar-refractivity contribution is 6.14. The molecule has 0 aromatic heterocycles. The average molecular weight is 394 g/mol. The molecule has 152 valence electrons. The second-order valence-corrected chi connectivity index (χ2v) is 7.81. The van der Waals surface area contributed by atoms with E-state index in [0.717, 1.165) is 23.2 Å². The lowest BCUT2D eigenvalue weighted by atomic mass is 10.0. The van der Waals surface area contributed by atoms with Crippen LogP contribution in [0.25, 0.3) is 0 Å². The molecule has 0 saturated heterocycles. The number of fused-ring (bicyclic) bond motifs is 1. The van der Waals surface area contributed by atoms with Gasteiger partial charge in [-0.25, -0.2) is 0 Å². The number of ether oxygens (including phenoxy) is 2. The van der Waals surface area contributed by atoms with Gasteiger partial charge in [0, 0.05) is 18.3 Å². The van der Waals surface area contributed by atoms with Crippen molar-refractivity contribution < 1.29 is 19.1 Å². The maximum atomic E-state index is 13.4. The molecule has 1 atom stereocenters. The Morgan fingerprint density at radius 2 is 1.83 bits per heavy atom. The highest BCUT2D eigenvalue weighted by atomic mass is 16.5. The predicted octanol–water partition coefficient (Wildman–Crippen LogP) is 3.08. The molecule has 2 amide bonds. The summed E-state index contributed by atoms with van der Waals surface area (Å²) in [5, 5.41) is 2.95. The number of methoxy groups -OCH3 is 2. The van der Waals surface area contributed by atoms with Crippen molar-refractivity contribution in [3.8, 4) is 11.5 Å². The highest BCUT2D eigenvalue weighted by Crippen LogP contribution is 2.50. The molecule has 4 rings (SSSR count). The smallest absolute Gasteiger partial charge is 0.242 e. The fraction of sp³-hybridized carbons (Fsp3) is 0.391. The van der Waals surface area contributed by atoms with Gasteiger partial charge in [-0.3, -0.25) is 9.59 Å². The van der Waals surface area contributed by atoms with Crippen molar-refractivity contribution in [2.75, 3.05) is 19.1 Å². The molecule has 1 N–H and O–H groups in total. The third-order valence-corrected chi connectivity index (χ3v) is 5.92. The van der Waals surface area contributed by atoms with Gasteiger partial charge >= 0.3 is 0 Å². The van der Waals surface area contributed by atoms with E-state index in [2.05, 4.69) is 11.4 Å². The van der Waals surface area contributed by atoms with Gasteiger partial charge < -0.3 is 19.7 Å². The summed E-state index contributed by atoms with van der Waals surface area (Å²) in [6, 6.07) is 13.5. The van der Waals surface area contributed by atoms with E-state index in [1.165, 1.54) is 0 Å². The van der Waals surface area contributed by atoms with Gasteiger partial charge in [0.05, 0.1) is 14.2 Å². The lowest BCUT2D eigenvalue weighted by molar-refractivity contribution is -0.136. The van der Waals surface area contributed by atoms with Gasteiger partial charge in [-0.15, -0.1) is 0 Å². The van der Waals surface area contributed by atoms with Gasteiger partial charge in [0.25, 0.3) is 0 Å². The topological polar surface area (TPSA) is 67.9 Å². The Balaban J connectivity index is 1.47. The van der Waals surface area contributed by atoms with E-state index >= 15 is 0 Å². The Morgan fingerprint density at radius 1 is 1.10 bits per heavy atom. The Kier molecular flexibility index (Phi) is 4.94. The molecule has 1 unspecified atom stereocenters. The fourth-order valence-corrected chi connectivity index (χ4v) is 4.11. The summed E-state index contributed by atoms with van der Waals surface area (Å²) < 4.78 is 10.6. The van der Waals surface area contributed by atoms with Crippen LogP contribution in [0.15, 0.2) is 42.5 Å². The molecule has 1 heterocycles. The molecule has 6 nitrogen and oxygen atoms in total. The van der Waals surface area contributed by atoms with E-state index in [4.69, 9.17) is 9.47 Å². The molecule has 0 bridgehead atoms. The number of rotatable bonds is 6. The standard InChI is InChI=1S/C23H26N2O4/c1-15-12-17-6-4-5-7-18(17)25(15)22(27)23(10-11-23)21(26)24-14-16-8-9-19(28-2)20(13-16)29-3/h4-9,13,15H,10-12,14H2,1-3H3,(H,24,26). The number of anilines is 1. The lowest BCUT2D eigenvalue weighted by Crippen LogP contribution is -2.47. The van der Waals surface area contributed by atoms with Crippen molar-refractivity contribution in [3.63, 3.8) is 0 Å². The molecule has 1 aliphatic carbocycles. The summed E-state index contributed by atoms with van der Waals surface area (Å²) in [5.41, 5.74) is 2.04. The monoisotopic (exact) mass is 394 g/mol. The van der Waals surface area contributed by atoms with E-state index in [1.807, 2.05) is 42.2 Å². The number of hydrogen-bond donors (Lipinski definition) is 1. The quantitative estimate of drug-likeness (QED) is 0.765. The third kappa shape index (κ3) is 3.33. The fourth-order valence-electron chi connectivity index (χ4n) is 4.11.